The molecular weight excluding hydrogens is 441 g/mol. The Labute approximate surface area is 186 Å². The molecule has 166 valence electrons. The fourth-order valence-electron chi connectivity index (χ4n) is 3.43. The smallest absolute Gasteiger partial charge is 0.274 e. The molecule has 0 spiro atoms. The normalized spacial score (nSPS) is 24.9. The first kappa shape index (κ1) is 23.1. The number of carbonyl (C=O) groups excluding carboxylic acids is 1. The van der Waals surface area contributed by atoms with Crippen LogP contribution in [0.1, 0.15) is 43.7 Å². The molecule has 1 unspecified atom stereocenters. The highest BCUT2D eigenvalue weighted by molar-refractivity contribution is 7.95. The van der Waals surface area contributed by atoms with Crippen LogP contribution in [-0.2, 0) is 15.3 Å². The summed E-state index contributed by atoms with van der Waals surface area (Å²) in [6, 6.07) is 7.18. The molecule has 2 aromatic rings. The Morgan fingerprint density at radius 3 is 2.65 bits per heavy atom. The van der Waals surface area contributed by atoms with Crippen LogP contribution in [0, 0.1) is 5.82 Å². The van der Waals surface area contributed by atoms with Crippen LogP contribution < -0.4 is 11.1 Å². The first-order chi connectivity index (χ1) is 14.4. The van der Waals surface area contributed by atoms with Crippen molar-refractivity contribution in [3.05, 3.63) is 58.6 Å². The average molecular weight is 466 g/mol. The number of hydrogen-bond acceptors (Lipinski definition) is 6. The average Bonchev–Trinajstić information content (AvgIpc) is 2.68. The van der Waals surface area contributed by atoms with E-state index in [-0.39, 0.29) is 22.8 Å². The number of rotatable bonds is 4. The van der Waals surface area contributed by atoms with E-state index in [1.165, 1.54) is 30.5 Å². The molecule has 2 atom stereocenters. The van der Waals surface area contributed by atoms with E-state index in [2.05, 4.69) is 19.7 Å². The summed E-state index contributed by atoms with van der Waals surface area (Å²) in [6.45, 7) is 7.28. The lowest BCUT2D eigenvalue weighted by Gasteiger charge is -2.40. The van der Waals surface area contributed by atoms with Crippen molar-refractivity contribution in [3.63, 3.8) is 0 Å². The summed E-state index contributed by atoms with van der Waals surface area (Å²) in [5, 5.41) is 3.10. The van der Waals surface area contributed by atoms with Crippen LogP contribution in [0.5, 0.6) is 0 Å². The largest absolute Gasteiger partial charge is 0.386 e. The van der Waals surface area contributed by atoms with Crippen molar-refractivity contribution in [2.24, 2.45) is 15.1 Å². The molecular formula is C21H25ClFN5O2S. The predicted octanol–water partition coefficient (Wildman–Crippen LogP) is 3.98. The van der Waals surface area contributed by atoms with Crippen LogP contribution in [0.15, 0.2) is 45.9 Å². The number of anilines is 1. The number of amidine groups is 1. The maximum absolute atomic E-state index is 14.9. The number of pyridine rings is 1. The minimum Gasteiger partial charge on any atom is -0.386 e. The van der Waals surface area contributed by atoms with Crippen LogP contribution >= 0.6 is 11.6 Å². The molecule has 3 rings (SSSR count). The fraction of sp³-hybridized carbons (Fsp3) is 0.381. The van der Waals surface area contributed by atoms with E-state index in [0.717, 1.165) is 0 Å². The van der Waals surface area contributed by atoms with Gasteiger partial charge >= 0.3 is 0 Å². The van der Waals surface area contributed by atoms with Gasteiger partial charge in [0, 0.05) is 24.0 Å². The highest BCUT2D eigenvalue weighted by atomic mass is 35.5. The fourth-order valence-corrected chi connectivity index (χ4v) is 6.09. The van der Waals surface area contributed by atoms with Gasteiger partial charge in [0.1, 0.15) is 27.6 Å². The standard InChI is InChI=1S/C21H25ClFN5O2S/c1-5-26-31(30)12-21(4,28-19(24)20(31,2)3)15-10-14(7-8-16(15)23)27-18(29)17-9-6-13(22)11-25-17/h6-11H,5,12H2,1-4H3,(H2,24,28)(H,27,29)/t21-,31?/m0/s1. The van der Waals surface area contributed by atoms with Gasteiger partial charge in [-0.05, 0) is 58.0 Å². The first-order valence-electron chi connectivity index (χ1n) is 9.71. The number of halogens is 2. The molecule has 10 heteroatoms. The maximum Gasteiger partial charge on any atom is 0.274 e. The maximum atomic E-state index is 14.9. The van der Waals surface area contributed by atoms with Crippen LogP contribution in [-0.4, -0.2) is 38.0 Å². The summed E-state index contributed by atoms with van der Waals surface area (Å²) in [5.41, 5.74) is 5.66. The minimum absolute atomic E-state index is 0.00853. The minimum atomic E-state index is -2.83. The Morgan fingerprint density at radius 1 is 1.32 bits per heavy atom. The second kappa shape index (κ2) is 8.20. The quantitative estimate of drug-likeness (QED) is 0.711. The van der Waals surface area contributed by atoms with Gasteiger partial charge in [0.2, 0.25) is 0 Å². The number of hydrogen-bond donors (Lipinski definition) is 2. The third-order valence-corrected chi connectivity index (χ3v) is 9.02. The Kier molecular flexibility index (Phi) is 6.12. The second-order valence-corrected chi connectivity index (χ2v) is 11.3. The zero-order valence-corrected chi connectivity index (χ0v) is 19.4. The van der Waals surface area contributed by atoms with E-state index in [4.69, 9.17) is 17.3 Å². The van der Waals surface area contributed by atoms with Crippen LogP contribution in [0.4, 0.5) is 10.1 Å². The van der Waals surface area contributed by atoms with Crippen molar-refractivity contribution in [1.82, 2.24) is 4.98 Å². The monoisotopic (exact) mass is 465 g/mol. The molecule has 1 aliphatic rings. The third-order valence-electron chi connectivity index (χ3n) is 5.36. The summed E-state index contributed by atoms with van der Waals surface area (Å²) < 4.78 is 32.0. The zero-order chi connectivity index (χ0) is 23.0. The van der Waals surface area contributed by atoms with Crippen molar-refractivity contribution in [3.8, 4) is 0 Å². The number of carbonyl (C=O) groups is 1. The van der Waals surface area contributed by atoms with E-state index >= 15 is 0 Å². The van der Waals surface area contributed by atoms with E-state index in [0.29, 0.717) is 17.3 Å². The molecule has 0 bridgehead atoms. The summed E-state index contributed by atoms with van der Waals surface area (Å²) in [4.78, 5) is 21.0. The molecule has 0 fully saturated rings. The molecule has 0 aliphatic carbocycles. The molecule has 1 aliphatic heterocycles. The summed E-state index contributed by atoms with van der Waals surface area (Å²) in [5.74, 6) is -0.853. The SMILES string of the molecule is CCN=S1(=O)C[C@@](C)(c2cc(NC(=O)c3ccc(Cl)cn3)ccc2F)N=C(N)C1(C)C. The van der Waals surface area contributed by atoms with Crippen molar-refractivity contribution in [1.29, 1.82) is 0 Å². The number of nitrogens with one attached hydrogen (secondary N) is 1. The molecule has 0 saturated carbocycles. The molecule has 31 heavy (non-hydrogen) atoms. The molecule has 1 amide bonds. The third kappa shape index (κ3) is 4.29. The summed E-state index contributed by atoms with van der Waals surface area (Å²) >= 11 is 5.80. The van der Waals surface area contributed by atoms with Gasteiger partial charge in [0.05, 0.1) is 20.5 Å². The number of nitrogens with two attached hydrogens (primary N) is 1. The van der Waals surface area contributed by atoms with Crippen LogP contribution in [0.25, 0.3) is 0 Å². The second-order valence-electron chi connectivity index (χ2n) is 8.02. The number of benzene rings is 1. The van der Waals surface area contributed by atoms with Crippen molar-refractivity contribution in [2.45, 2.75) is 38.0 Å². The van der Waals surface area contributed by atoms with Crippen molar-refractivity contribution in [2.75, 3.05) is 17.6 Å². The van der Waals surface area contributed by atoms with E-state index in [1.54, 1.807) is 33.8 Å². The lowest BCUT2D eigenvalue weighted by Crippen LogP contribution is -2.54. The van der Waals surface area contributed by atoms with Gasteiger partial charge in [-0.1, -0.05) is 11.6 Å². The van der Waals surface area contributed by atoms with Gasteiger partial charge in [0.15, 0.2) is 0 Å². The van der Waals surface area contributed by atoms with Crippen molar-refractivity contribution >= 4 is 38.8 Å². The van der Waals surface area contributed by atoms with E-state index in [9.17, 15) is 13.4 Å². The Balaban J connectivity index is 2.02. The van der Waals surface area contributed by atoms with Gasteiger partial charge in [-0.15, -0.1) is 0 Å². The van der Waals surface area contributed by atoms with Crippen LogP contribution in [0.2, 0.25) is 5.02 Å². The number of aromatic nitrogens is 1. The zero-order valence-electron chi connectivity index (χ0n) is 17.8. The number of nitrogens with zero attached hydrogens (tertiary/aromatic N) is 3. The van der Waals surface area contributed by atoms with Gasteiger partial charge in [0.25, 0.3) is 5.91 Å². The number of amides is 1. The summed E-state index contributed by atoms with van der Waals surface area (Å²) in [6.07, 6.45) is 1.36. The summed E-state index contributed by atoms with van der Waals surface area (Å²) in [7, 11) is -2.83. The molecule has 3 N–H and O–H groups in total. The van der Waals surface area contributed by atoms with Gasteiger partial charge in [-0.2, -0.15) is 0 Å². The van der Waals surface area contributed by atoms with Gasteiger partial charge < -0.3 is 11.1 Å². The highest BCUT2D eigenvalue weighted by Gasteiger charge is 2.47. The molecule has 0 saturated heterocycles. The van der Waals surface area contributed by atoms with E-state index < -0.39 is 31.7 Å². The van der Waals surface area contributed by atoms with Gasteiger partial charge in [-0.25, -0.2) is 17.9 Å². The molecule has 1 aromatic carbocycles. The lowest BCUT2D eigenvalue weighted by atomic mass is 9.92. The Hall–Kier alpha value is -2.52. The topological polar surface area (TPSA) is 110 Å². The lowest BCUT2D eigenvalue weighted by molar-refractivity contribution is 0.102. The molecule has 1 aromatic heterocycles. The van der Waals surface area contributed by atoms with E-state index in [1.807, 2.05) is 0 Å². The molecule has 7 nitrogen and oxygen atoms in total. The van der Waals surface area contributed by atoms with Gasteiger partial charge in [-0.3, -0.25) is 9.79 Å². The predicted molar refractivity (Wildman–Crippen MR) is 123 cm³/mol. The molecule has 0 radical (unpaired) electrons. The Morgan fingerprint density at radius 2 is 2.03 bits per heavy atom. The Bertz CT molecular complexity index is 1170. The van der Waals surface area contributed by atoms with Crippen LogP contribution in [0.3, 0.4) is 0 Å². The number of aliphatic imine (C=N–C) groups is 1. The molecule has 2 heterocycles. The first-order valence-corrected chi connectivity index (χ1v) is 11.8. The van der Waals surface area contributed by atoms with Crippen molar-refractivity contribution < 1.29 is 13.4 Å². The highest BCUT2D eigenvalue weighted by Crippen LogP contribution is 2.39.